The summed E-state index contributed by atoms with van der Waals surface area (Å²) in [6.07, 6.45) is 1.84. The summed E-state index contributed by atoms with van der Waals surface area (Å²) in [5.74, 6) is -1.08. The highest BCUT2D eigenvalue weighted by Crippen LogP contribution is 2.29. The van der Waals surface area contributed by atoms with E-state index in [1.54, 1.807) is 18.4 Å². The van der Waals surface area contributed by atoms with Crippen molar-refractivity contribution in [2.45, 2.75) is 6.92 Å². The van der Waals surface area contributed by atoms with Gasteiger partial charge in [0.2, 0.25) is 0 Å². The largest absolute Gasteiger partial charge is 0.497 e. The molecule has 2 heterocycles. The highest BCUT2D eigenvalue weighted by atomic mass is 32.1. The molecule has 28 heavy (non-hydrogen) atoms. The van der Waals surface area contributed by atoms with E-state index in [9.17, 15) is 13.6 Å². The van der Waals surface area contributed by atoms with E-state index in [1.165, 1.54) is 11.3 Å². The van der Waals surface area contributed by atoms with Gasteiger partial charge in [0.25, 0.3) is 5.91 Å². The van der Waals surface area contributed by atoms with Gasteiger partial charge in [-0.2, -0.15) is 0 Å². The molecule has 1 amide bonds. The summed E-state index contributed by atoms with van der Waals surface area (Å²) in [6.45, 7) is 1.78. The summed E-state index contributed by atoms with van der Waals surface area (Å²) in [4.78, 5) is 18.1. The maximum absolute atomic E-state index is 13.8. The van der Waals surface area contributed by atoms with Crippen molar-refractivity contribution in [3.63, 3.8) is 0 Å². The van der Waals surface area contributed by atoms with Crippen molar-refractivity contribution in [3.05, 3.63) is 70.9 Å². The summed E-state index contributed by atoms with van der Waals surface area (Å²) in [6, 6.07) is 10.4. The van der Waals surface area contributed by atoms with Crippen molar-refractivity contribution >= 4 is 27.9 Å². The number of nitrogens with one attached hydrogen (secondary N) is 1. The van der Waals surface area contributed by atoms with Crippen molar-refractivity contribution in [1.29, 1.82) is 0 Å². The van der Waals surface area contributed by atoms with Crippen LogP contribution in [0, 0.1) is 18.6 Å². The fourth-order valence-electron chi connectivity index (χ4n) is 2.83. The van der Waals surface area contributed by atoms with Crippen LogP contribution in [0.5, 0.6) is 5.75 Å². The van der Waals surface area contributed by atoms with E-state index in [-0.39, 0.29) is 5.69 Å². The molecular weight excluding hydrogens is 384 g/mol. The molecular formula is C20H15F2N3O2S. The van der Waals surface area contributed by atoms with E-state index in [1.807, 2.05) is 30.5 Å². The first-order valence-electron chi connectivity index (χ1n) is 8.35. The molecule has 142 valence electrons. The Morgan fingerprint density at radius 2 is 1.93 bits per heavy atom. The SMILES string of the molecule is COc1ccc(-c2cn3c(C)c(C(=O)Nc4cc(F)ccc4F)sc3n2)cc1. The molecule has 0 saturated heterocycles. The Labute approximate surface area is 163 Å². The summed E-state index contributed by atoms with van der Waals surface area (Å²) in [7, 11) is 1.60. The second-order valence-electron chi connectivity index (χ2n) is 6.10. The molecule has 4 rings (SSSR count). The molecule has 5 nitrogen and oxygen atoms in total. The average Bonchev–Trinajstić information content (AvgIpc) is 3.24. The molecule has 2 aromatic heterocycles. The van der Waals surface area contributed by atoms with Gasteiger partial charge in [0.1, 0.15) is 22.3 Å². The molecule has 0 atom stereocenters. The van der Waals surface area contributed by atoms with E-state index in [0.29, 0.717) is 15.5 Å². The average molecular weight is 399 g/mol. The van der Waals surface area contributed by atoms with E-state index < -0.39 is 17.5 Å². The first-order valence-corrected chi connectivity index (χ1v) is 9.17. The lowest BCUT2D eigenvalue weighted by atomic mass is 10.2. The van der Waals surface area contributed by atoms with Crippen LogP contribution in [-0.2, 0) is 0 Å². The number of anilines is 1. The van der Waals surface area contributed by atoms with Gasteiger partial charge >= 0.3 is 0 Å². The molecule has 4 aromatic rings. The summed E-state index contributed by atoms with van der Waals surface area (Å²) in [5, 5.41) is 2.42. The number of aryl methyl sites for hydroxylation is 1. The van der Waals surface area contributed by atoms with Crippen LogP contribution >= 0.6 is 11.3 Å². The van der Waals surface area contributed by atoms with Crippen LogP contribution in [-0.4, -0.2) is 22.4 Å². The number of halogens is 2. The minimum Gasteiger partial charge on any atom is -0.497 e. The Balaban J connectivity index is 1.64. The smallest absolute Gasteiger partial charge is 0.267 e. The molecule has 0 aliphatic rings. The third-order valence-electron chi connectivity index (χ3n) is 4.33. The monoisotopic (exact) mass is 399 g/mol. The number of amides is 1. The number of imidazole rings is 1. The van der Waals surface area contributed by atoms with Gasteiger partial charge < -0.3 is 10.1 Å². The van der Waals surface area contributed by atoms with E-state index in [2.05, 4.69) is 10.3 Å². The molecule has 2 aromatic carbocycles. The van der Waals surface area contributed by atoms with Crippen molar-refractivity contribution in [3.8, 4) is 17.0 Å². The lowest BCUT2D eigenvalue weighted by Crippen LogP contribution is -2.13. The summed E-state index contributed by atoms with van der Waals surface area (Å²) < 4.78 is 34.1. The molecule has 0 aliphatic heterocycles. The number of benzene rings is 2. The number of carbonyl (C=O) groups is 1. The van der Waals surface area contributed by atoms with Crippen molar-refractivity contribution < 1.29 is 18.3 Å². The van der Waals surface area contributed by atoms with Crippen molar-refractivity contribution in [1.82, 2.24) is 9.38 Å². The first kappa shape index (κ1) is 18.1. The minimum absolute atomic E-state index is 0.200. The zero-order valence-electron chi connectivity index (χ0n) is 15.0. The van der Waals surface area contributed by atoms with Gasteiger partial charge in [-0.15, -0.1) is 0 Å². The van der Waals surface area contributed by atoms with Crippen LogP contribution in [0.2, 0.25) is 0 Å². The highest BCUT2D eigenvalue weighted by molar-refractivity contribution is 7.19. The van der Waals surface area contributed by atoms with Gasteiger partial charge in [-0.1, -0.05) is 11.3 Å². The Hall–Kier alpha value is -3.26. The number of carbonyl (C=O) groups excluding carboxylic acids is 1. The Bertz CT molecular complexity index is 1180. The third-order valence-corrected chi connectivity index (χ3v) is 5.48. The second kappa shape index (κ2) is 7.05. The number of fused-ring (bicyclic) bond motifs is 1. The van der Waals surface area contributed by atoms with Gasteiger partial charge in [0.05, 0.1) is 18.5 Å². The van der Waals surface area contributed by atoms with E-state index in [4.69, 9.17) is 4.74 Å². The summed E-state index contributed by atoms with van der Waals surface area (Å²) in [5.41, 5.74) is 2.15. The standard InChI is InChI=1S/C20H15F2N3O2S/c1-11-18(19(26)23-16-9-13(21)5-8-15(16)22)28-20-24-17(10-25(11)20)12-3-6-14(27-2)7-4-12/h3-10H,1-2H3,(H,23,26). The van der Waals surface area contributed by atoms with Gasteiger partial charge in [0.15, 0.2) is 4.96 Å². The van der Waals surface area contributed by atoms with Gasteiger partial charge in [-0.3, -0.25) is 9.20 Å². The predicted octanol–water partition coefficient (Wildman–Crippen LogP) is 4.91. The number of ether oxygens (including phenoxy) is 1. The molecule has 8 heteroatoms. The highest BCUT2D eigenvalue weighted by Gasteiger charge is 2.19. The lowest BCUT2D eigenvalue weighted by molar-refractivity contribution is 0.102. The molecule has 0 saturated carbocycles. The molecule has 0 unspecified atom stereocenters. The number of aromatic nitrogens is 2. The second-order valence-corrected chi connectivity index (χ2v) is 7.08. The minimum atomic E-state index is -0.699. The van der Waals surface area contributed by atoms with E-state index >= 15 is 0 Å². The normalized spacial score (nSPS) is 11.0. The molecule has 0 spiro atoms. The number of rotatable bonds is 4. The number of thiazole rings is 1. The molecule has 0 radical (unpaired) electrons. The van der Waals surface area contributed by atoms with Crippen molar-refractivity contribution in [2.24, 2.45) is 0 Å². The Morgan fingerprint density at radius 3 is 2.61 bits per heavy atom. The van der Waals surface area contributed by atoms with Crippen LogP contribution < -0.4 is 10.1 Å². The number of nitrogens with zero attached hydrogens (tertiary/aromatic N) is 2. The topological polar surface area (TPSA) is 55.6 Å². The number of methoxy groups -OCH3 is 1. The zero-order chi connectivity index (χ0) is 19.8. The lowest BCUT2D eigenvalue weighted by Gasteiger charge is -2.06. The van der Waals surface area contributed by atoms with E-state index in [0.717, 1.165) is 35.2 Å². The Kier molecular flexibility index (Phi) is 4.56. The first-order chi connectivity index (χ1) is 13.5. The zero-order valence-corrected chi connectivity index (χ0v) is 15.8. The van der Waals surface area contributed by atoms with Gasteiger partial charge in [-0.25, -0.2) is 13.8 Å². The van der Waals surface area contributed by atoms with Crippen LogP contribution in [0.3, 0.4) is 0 Å². The quantitative estimate of drug-likeness (QED) is 0.531. The summed E-state index contributed by atoms with van der Waals surface area (Å²) >= 11 is 1.18. The van der Waals surface area contributed by atoms with Crippen LogP contribution in [0.25, 0.3) is 16.2 Å². The number of hydrogen-bond acceptors (Lipinski definition) is 4. The molecule has 0 aliphatic carbocycles. The van der Waals surface area contributed by atoms with Crippen LogP contribution in [0.1, 0.15) is 15.4 Å². The third kappa shape index (κ3) is 3.22. The fourth-order valence-corrected chi connectivity index (χ4v) is 3.84. The predicted molar refractivity (Wildman–Crippen MR) is 104 cm³/mol. The maximum atomic E-state index is 13.8. The van der Waals surface area contributed by atoms with Gasteiger partial charge in [0, 0.05) is 23.5 Å². The maximum Gasteiger partial charge on any atom is 0.267 e. The van der Waals surface area contributed by atoms with Crippen LogP contribution in [0.4, 0.5) is 14.5 Å². The van der Waals surface area contributed by atoms with Gasteiger partial charge in [-0.05, 0) is 43.3 Å². The number of hydrogen-bond donors (Lipinski definition) is 1. The molecule has 0 bridgehead atoms. The van der Waals surface area contributed by atoms with Crippen LogP contribution in [0.15, 0.2) is 48.7 Å². The Morgan fingerprint density at radius 1 is 1.18 bits per heavy atom. The molecule has 0 fully saturated rings. The molecule has 1 N–H and O–H groups in total. The fraction of sp³-hybridized carbons (Fsp3) is 0.100. The van der Waals surface area contributed by atoms with Crippen molar-refractivity contribution in [2.75, 3.05) is 12.4 Å².